The minimum absolute atomic E-state index is 0.0276. The smallest absolute Gasteiger partial charge is 0.222 e. The molecule has 4 rings (SSSR count). The number of likely N-dealkylation sites (tertiary alicyclic amines) is 1. The van der Waals surface area contributed by atoms with E-state index < -0.39 is 0 Å². The predicted octanol–water partition coefficient (Wildman–Crippen LogP) is 2.64. The van der Waals surface area contributed by atoms with E-state index in [1.165, 1.54) is 12.8 Å². The van der Waals surface area contributed by atoms with Crippen LogP contribution in [0.4, 0.5) is 0 Å². The lowest BCUT2D eigenvalue weighted by Crippen LogP contribution is -2.44. The third-order valence-corrected chi connectivity index (χ3v) is 5.47. The highest BCUT2D eigenvalue weighted by atomic mass is 16.5. The van der Waals surface area contributed by atoms with Crippen molar-refractivity contribution in [3.63, 3.8) is 0 Å². The van der Waals surface area contributed by atoms with Gasteiger partial charge in [0, 0.05) is 37.3 Å². The molecule has 3 aliphatic rings. The van der Waals surface area contributed by atoms with Crippen LogP contribution in [0.3, 0.4) is 0 Å². The van der Waals surface area contributed by atoms with Crippen molar-refractivity contribution in [2.45, 2.75) is 70.3 Å². The molecular weight excluding hydrogens is 330 g/mol. The normalized spacial score (nSPS) is 23.3. The molecule has 6 heteroatoms. The molecule has 1 saturated carbocycles. The van der Waals surface area contributed by atoms with Gasteiger partial charge in [0.05, 0.1) is 25.5 Å². The largest absolute Gasteiger partial charge is 0.472 e. The fraction of sp³-hybridized carbons (Fsp3) is 0.750. The molecule has 1 saturated heterocycles. The molecule has 2 fully saturated rings. The molecule has 26 heavy (non-hydrogen) atoms. The Hall–Kier alpha value is -1.69. The van der Waals surface area contributed by atoms with E-state index in [1.54, 1.807) is 0 Å². The monoisotopic (exact) mass is 359 g/mol. The lowest BCUT2D eigenvalue weighted by atomic mass is 10.1. The van der Waals surface area contributed by atoms with Crippen molar-refractivity contribution < 1.29 is 14.3 Å². The molecule has 2 aliphatic heterocycles. The average Bonchev–Trinajstić information content (AvgIpc) is 3.49. The molecule has 1 amide bonds. The van der Waals surface area contributed by atoms with Gasteiger partial charge in [-0.25, -0.2) is 4.98 Å². The first-order chi connectivity index (χ1) is 12.7. The minimum Gasteiger partial charge on any atom is -0.472 e. The molecule has 1 unspecified atom stereocenters. The molecule has 0 radical (unpaired) electrons. The Balaban J connectivity index is 1.53. The van der Waals surface area contributed by atoms with Gasteiger partial charge in [-0.3, -0.25) is 4.79 Å². The number of amides is 1. The summed E-state index contributed by atoms with van der Waals surface area (Å²) in [5, 5.41) is 0. The van der Waals surface area contributed by atoms with Crippen molar-refractivity contribution in [1.29, 1.82) is 0 Å². The van der Waals surface area contributed by atoms with Crippen LogP contribution in [0.2, 0.25) is 0 Å². The van der Waals surface area contributed by atoms with Crippen LogP contribution in [0.5, 0.6) is 5.88 Å². The maximum absolute atomic E-state index is 12.3. The number of hydrogen-bond donors (Lipinski definition) is 0. The van der Waals surface area contributed by atoms with Crippen molar-refractivity contribution in [3.05, 3.63) is 17.1 Å². The summed E-state index contributed by atoms with van der Waals surface area (Å²) >= 11 is 0. The summed E-state index contributed by atoms with van der Waals surface area (Å²) in [7, 11) is 0. The van der Waals surface area contributed by atoms with E-state index in [-0.39, 0.29) is 12.0 Å². The van der Waals surface area contributed by atoms with Crippen molar-refractivity contribution in [1.82, 2.24) is 14.9 Å². The lowest BCUT2D eigenvalue weighted by Gasteiger charge is -2.33. The van der Waals surface area contributed by atoms with E-state index in [1.807, 2.05) is 11.8 Å². The van der Waals surface area contributed by atoms with Gasteiger partial charge in [0.15, 0.2) is 0 Å². The van der Waals surface area contributed by atoms with Gasteiger partial charge < -0.3 is 14.4 Å². The number of carbonyl (C=O) groups excluding carboxylic acids is 1. The summed E-state index contributed by atoms with van der Waals surface area (Å²) < 4.78 is 12.0. The molecule has 1 atom stereocenters. The molecule has 3 heterocycles. The van der Waals surface area contributed by atoms with Crippen molar-refractivity contribution in [2.75, 3.05) is 26.3 Å². The molecule has 1 aromatic rings. The standard InChI is InChI=1S/C20H29N3O3/c1-2-4-18(24)23-10-3-5-15(13-23)26-20-16-8-11-25-12-9-17(16)21-19(22-20)14-6-7-14/h14-15H,2-13H2,1H3. The quantitative estimate of drug-likeness (QED) is 0.809. The van der Waals surface area contributed by atoms with E-state index in [0.29, 0.717) is 25.5 Å². The van der Waals surface area contributed by atoms with E-state index in [0.717, 1.165) is 68.2 Å². The maximum atomic E-state index is 12.3. The average molecular weight is 359 g/mol. The Kier molecular flexibility index (Phi) is 5.38. The third-order valence-electron chi connectivity index (χ3n) is 5.47. The van der Waals surface area contributed by atoms with Gasteiger partial charge in [0.2, 0.25) is 11.8 Å². The number of piperidine rings is 1. The van der Waals surface area contributed by atoms with Crippen LogP contribution in [0.15, 0.2) is 0 Å². The van der Waals surface area contributed by atoms with Gasteiger partial charge in [-0.1, -0.05) is 6.92 Å². The third kappa shape index (κ3) is 4.00. The second-order valence-electron chi connectivity index (χ2n) is 7.67. The Labute approximate surface area is 155 Å². The highest BCUT2D eigenvalue weighted by Crippen LogP contribution is 2.40. The number of carbonyl (C=O) groups is 1. The first-order valence-corrected chi connectivity index (χ1v) is 10.2. The molecule has 6 nitrogen and oxygen atoms in total. The second kappa shape index (κ2) is 7.91. The number of rotatable bonds is 5. The number of aromatic nitrogens is 2. The number of fused-ring (bicyclic) bond motifs is 1. The summed E-state index contributed by atoms with van der Waals surface area (Å²) in [6.45, 7) is 4.99. The maximum Gasteiger partial charge on any atom is 0.222 e. The van der Waals surface area contributed by atoms with Crippen molar-refractivity contribution >= 4 is 5.91 Å². The Bertz CT molecular complexity index is 660. The van der Waals surface area contributed by atoms with Crippen LogP contribution in [-0.2, 0) is 22.4 Å². The Morgan fingerprint density at radius 1 is 1.23 bits per heavy atom. The molecule has 1 aromatic heterocycles. The molecule has 0 spiro atoms. The van der Waals surface area contributed by atoms with Crippen molar-refractivity contribution in [3.8, 4) is 5.88 Å². The van der Waals surface area contributed by atoms with Crippen LogP contribution in [0, 0.1) is 0 Å². The highest BCUT2D eigenvalue weighted by molar-refractivity contribution is 5.76. The van der Waals surface area contributed by atoms with Crippen molar-refractivity contribution in [2.24, 2.45) is 0 Å². The molecule has 0 aromatic carbocycles. The molecule has 1 aliphatic carbocycles. The lowest BCUT2D eigenvalue weighted by molar-refractivity contribution is -0.133. The predicted molar refractivity (Wildman–Crippen MR) is 97.4 cm³/mol. The van der Waals surface area contributed by atoms with Crippen LogP contribution in [0.25, 0.3) is 0 Å². The van der Waals surface area contributed by atoms with Gasteiger partial charge >= 0.3 is 0 Å². The molecule has 0 bridgehead atoms. The van der Waals surface area contributed by atoms with Gasteiger partial charge in [0.25, 0.3) is 0 Å². The summed E-state index contributed by atoms with van der Waals surface area (Å²) in [4.78, 5) is 23.8. The number of nitrogens with zero attached hydrogens (tertiary/aromatic N) is 3. The fourth-order valence-electron chi connectivity index (χ4n) is 3.84. The van der Waals surface area contributed by atoms with E-state index >= 15 is 0 Å². The summed E-state index contributed by atoms with van der Waals surface area (Å²) in [6, 6.07) is 0. The van der Waals surface area contributed by atoms with E-state index in [2.05, 4.69) is 0 Å². The summed E-state index contributed by atoms with van der Waals surface area (Å²) in [6.07, 6.45) is 7.51. The van der Waals surface area contributed by atoms with Crippen LogP contribution < -0.4 is 4.74 Å². The second-order valence-corrected chi connectivity index (χ2v) is 7.67. The van der Waals surface area contributed by atoms with E-state index in [9.17, 15) is 4.79 Å². The minimum atomic E-state index is 0.0276. The zero-order valence-electron chi connectivity index (χ0n) is 15.7. The molecule has 142 valence electrons. The van der Waals surface area contributed by atoms with E-state index in [4.69, 9.17) is 19.4 Å². The SMILES string of the molecule is CCCC(=O)N1CCCC(Oc2nc(C3CC3)nc3c2CCOCC3)C1. The zero-order valence-corrected chi connectivity index (χ0v) is 15.7. The van der Waals surface area contributed by atoms with Gasteiger partial charge in [-0.05, 0) is 32.1 Å². The molecular formula is C20H29N3O3. The van der Waals surface area contributed by atoms with Crippen LogP contribution >= 0.6 is 0 Å². The highest BCUT2D eigenvalue weighted by Gasteiger charge is 2.31. The first kappa shape index (κ1) is 17.7. The summed E-state index contributed by atoms with van der Waals surface area (Å²) in [5.74, 6) is 2.43. The summed E-state index contributed by atoms with van der Waals surface area (Å²) in [5.41, 5.74) is 2.22. The van der Waals surface area contributed by atoms with Gasteiger partial charge in [-0.2, -0.15) is 4.98 Å². The Morgan fingerprint density at radius 3 is 2.88 bits per heavy atom. The molecule has 0 N–H and O–H groups in total. The van der Waals surface area contributed by atoms with Crippen LogP contribution in [0.1, 0.15) is 68.4 Å². The van der Waals surface area contributed by atoms with Gasteiger partial charge in [0.1, 0.15) is 11.9 Å². The first-order valence-electron chi connectivity index (χ1n) is 10.2. The topological polar surface area (TPSA) is 64.6 Å². The number of hydrogen-bond acceptors (Lipinski definition) is 5. The number of ether oxygens (including phenoxy) is 2. The fourth-order valence-corrected chi connectivity index (χ4v) is 3.84. The van der Waals surface area contributed by atoms with Gasteiger partial charge in [-0.15, -0.1) is 0 Å². The van der Waals surface area contributed by atoms with Crippen LogP contribution in [-0.4, -0.2) is 53.2 Å². The zero-order chi connectivity index (χ0) is 17.9. The Morgan fingerprint density at radius 2 is 2.08 bits per heavy atom.